The normalized spacial score (nSPS) is 12.8. The van der Waals surface area contributed by atoms with Gasteiger partial charge in [-0.05, 0) is 26.1 Å². The largest absolute Gasteiger partial charge is 0.417 e. The number of hydrogen-bond donors (Lipinski definition) is 1. The van der Waals surface area contributed by atoms with E-state index in [1.54, 1.807) is 7.11 Å². The van der Waals surface area contributed by atoms with Gasteiger partial charge in [0.2, 0.25) is 8.32 Å². The lowest BCUT2D eigenvalue weighted by Crippen LogP contribution is -2.25. The molecule has 0 aliphatic rings. The van der Waals surface area contributed by atoms with Gasteiger partial charge >= 0.3 is 0 Å². The zero-order chi connectivity index (χ0) is 8.04. The van der Waals surface area contributed by atoms with Crippen LogP contribution in [0.25, 0.3) is 0 Å². The van der Waals surface area contributed by atoms with Crippen LogP contribution >= 0.6 is 0 Å². The fourth-order valence-electron chi connectivity index (χ4n) is 0.531. The molecule has 0 aromatic rings. The standard InChI is InChI=1S/C7H17NOSi/c1-9-10(2,3)7-5-4-6-8/h5,7H,4,6,8H2,1-3H3. The van der Waals surface area contributed by atoms with Crippen LogP contribution in [0.1, 0.15) is 6.42 Å². The maximum atomic E-state index is 5.32. The monoisotopic (exact) mass is 159 g/mol. The first kappa shape index (κ1) is 9.88. The Balaban J connectivity index is 3.63. The third kappa shape index (κ3) is 4.73. The van der Waals surface area contributed by atoms with E-state index in [4.69, 9.17) is 10.2 Å². The topological polar surface area (TPSA) is 35.2 Å². The zero-order valence-corrected chi connectivity index (χ0v) is 8.05. The van der Waals surface area contributed by atoms with Crippen molar-refractivity contribution in [2.24, 2.45) is 5.73 Å². The van der Waals surface area contributed by atoms with Crippen LogP contribution in [0.4, 0.5) is 0 Å². The smallest absolute Gasteiger partial charge is 0.210 e. The summed E-state index contributed by atoms with van der Waals surface area (Å²) in [5.74, 6) is 0. The summed E-state index contributed by atoms with van der Waals surface area (Å²) < 4.78 is 5.30. The van der Waals surface area contributed by atoms with Crippen LogP contribution in [-0.2, 0) is 4.43 Å². The van der Waals surface area contributed by atoms with Crippen molar-refractivity contribution < 1.29 is 4.43 Å². The summed E-state index contributed by atoms with van der Waals surface area (Å²) in [6, 6.07) is 0. The van der Waals surface area contributed by atoms with Gasteiger partial charge < -0.3 is 10.2 Å². The highest BCUT2D eigenvalue weighted by Gasteiger charge is 2.14. The van der Waals surface area contributed by atoms with Gasteiger partial charge in [-0.15, -0.1) is 0 Å². The average Bonchev–Trinajstić information content (AvgIpc) is 1.89. The molecular formula is C7H17NOSi. The molecule has 0 radical (unpaired) electrons. The molecule has 10 heavy (non-hydrogen) atoms. The highest BCUT2D eigenvalue weighted by molar-refractivity contribution is 6.76. The van der Waals surface area contributed by atoms with Gasteiger partial charge in [0.1, 0.15) is 0 Å². The van der Waals surface area contributed by atoms with Crippen LogP contribution in [0, 0.1) is 0 Å². The summed E-state index contributed by atoms with van der Waals surface area (Å²) in [4.78, 5) is 0. The number of rotatable bonds is 4. The summed E-state index contributed by atoms with van der Waals surface area (Å²) in [5, 5.41) is 0. The molecule has 60 valence electrons. The van der Waals surface area contributed by atoms with E-state index in [2.05, 4.69) is 24.9 Å². The van der Waals surface area contributed by atoms with Gasteiger partial charge in [0.25, 0.3) is 0 Å². The van der Waals surface area contributed by atoms with E-state index in [0.717, 1.165) is 13.0 Å². The van der Waals surface area contributed by atoms with Crippen LogP contribution in [0.3, 0.4) is 0 Å². The Hall–Kier alpha value is -0.123. The molecule has 0 saturated heterocycles. The fraction of sp³-hybridized carbons (Fsp3) is 0.714. The lowest BCUT2D eigenvalue weighted by molar-refractivity contribution is 0.415. The van der Waals surface area contributed by atoms with E-state index in [1.807, 2.05) is 0 Å². The number of hydrogen-bond acceptors (Lipinski definition) is 2. The van der Waals surface area contributed by atoms with Crippen LogP contribution in [-0.4, -0.2) is 22.0 Å². The Kier molecular flexibility index (Phi) is 4.60. The van der Waals surface area contributed by atoms with E-state index in [-0.39, 0.29) is 0 Å². The molecule has 0 unspecified atom stereocenters. The maximum Gasteiger partial charge on any atom is 0.210 e. The molecule has 0 atom stereocenters. The molecule has 3 heteroatoms. The predicted octanol–water partition coefficient (Wildman–Crippen LogP) is 1.28. The third-order valence-electron chi connectivity index (χ3n) is 1.38. The van der Waals surface area contributed by atoms with Gasteiger partial charge in [-0.3, -0.25) is 0 Å². The molecule has 0 aromatic carbocycles. The summed E-state index contributed by atoms with van der Waals surface area (Å²) in [5.41, 5.74) is 7.49. The van der Waals surface area contributed by atoms with Crippen molar-refractivity contribution in [2.45, 2.75) is 19.5 Å². The quantitative estimate of drug-likeness (QED) is 0.627. The molecule has 2 nitrogen and oxygen atoms in total. The molecule has 0 rings (SSSR count). The van der Waals surface area contributed by atoms with E-state index >= 15 is 0 Å². The molecule has 0 aliphatic carbocycles. The molecule has 0 bridgehead atoms. The second-order valence-electron chi connectivity index (χ2n) is 2.79. The van der Waals surface area contributed by atoms with E-state index < -0.39 is 8.32 Å². The Morgan fingerprint density at radius 3 is 2.50 bits per heavy atom. The second-order valence-corrected chi connectivity index (χ2v) is 6.74. The Bertz CT molecular complexity index is 112. The van der Waals surface area contributed by atoms with Crippen LogP contribution in [0.5, 0.6) is 0 Å². The minimum Gasteiger partial charge on any atom is -0.417 e. The Morgan fingerprint density at radius 2 is 2.10 bits per heavy atom. The highest BCUT2D eigenvalue weighted by Crippen LogP contribution is 2.03. The SMILES string of the molecule is CO[Si](C)(C)C=CCCN. The average molecular weight is 159 g/mol. The molecule has 2 N–H and O–H groups in total. The minimum absolute atomic E-state index is 0.727. The predicted molar refractivity (Wildman–Crippen MR) is 47.3 cm³/mol. The van der Waals surface area contributed by atoms with Crippen molar-refractivity contribution in [3.8, 4) is 0 Å². The zero-order valence-electron chi connectivity index (χ0n) is 7.05. The van der Waals surface area contributed by atoms with Crippen molar-refractivity contribution in [1.29, 1.82) is 0 Å². The van der Waals surface area contributed by atoms with Crippen molar-refractivity contribution in [2.75, 3.05) is 13.7 Å². The van der Waals surface area contributed by atoms with Crippen molar-refractivity contribution in [3.63, 3.8) is 0 Å². The second kappa shape index (κ2) is 4.66. The molecule has 0 spiro atoms. The molecule has 0 amide bonds. The minimum atomic E-state index is -1.45. The summed E-state index contributed by atoms with van der Waals surface area (Å²) >= 11 is 0. The summed E-state index contributed by atoms with van der Waals surface area (Å²) in [6.45, 7) is 5.03. The van der Waals surface area contributed by atoms with Crippen LogP contribution < -0.4 is 5.73 Å². The molecule has 0 fully saturated rings. The van der Waals surface area contributed by atoms with Crippen molar-refractivity contribution >= 4 is 8.32 Å². The molecule has 0 heterocycles. The lowest BCUT2D eigenvalue weighted by Gasteiger charge is -2.13. The van der Waals surface area contributed by atoms with Gasteiger partial charge in [-0.2, -0.15) is 0 Å². The van der Waals surface area contributed by atoms with E-state index in [1.165, 1.54) is 0 Å². The van der Waals surface area contributed by atoms with Gasteiger partial charge in [0.05, 0.1) is 0 Å². The van der Waals surface area contributed by atoms with Crippen LogP contribution in [0.15, 0.2) is 11.8 Å². The third-order valence-corrected chi connectivity index (χ3v) is 3.47. The Labute approximate surface area is 64.2 Å². The molecule has 0 saturated carbocycles. The first-order valence-electron chi connectivity index (χ1n) is 3.55. The Morgan fingerprint density at radius 1 is 1.50 bits per heavy atom. The highest BCUT2D eigenvalue weighted by atomic mass is 28.4. The first-order valence-corrected chi connectivity index (χ1v) is 6.54. The number of nitrogens with two attached hydrogens (primary N) is 1. The van der Waals surface area contributed by atoms with E-state index in [9.17, 15) is 0 Å². The first-order chi connectivity index (χ1) is 4.62. The van der Waals surface area contributed by atoms with Crippen LogP contribution in [0.2, 0.25) is 13.1 Å². The van der Waals surface area contributed by atoms with Crippen molar-refractivity contribution in [1.82, 2.24) is 0 Å². The van der Waals surface area contributed by atoms with E-state index in [0.29, 0.717) is 0 Å². The summed E-state index contributed by atoms with van der Waals surface area (Å²) in [6.07, 6.45) is 3.06. The molecule has 0 aliphatic heterocycles. The lowest BCUT2D eigenvalue weighted by atomic mass is 10.4. The van der Waals surface area contributed by atoms with Gasteiger partial charge in [0.15, 0.2) is 0 Å². The maximum absolute atomic E-state index is 5.32. The fourth-order valence-corrected chi connectivity index (χ4v) is 1.40. The van der Waals surface area contributed by atoms with Gasteiger partial charge in [-0.25, -0.2) is 0 Å². The molecule has 0 aromatic heterocycles. The van der Waals surface area contributed by atoms with Crippen molar-refractivity contribution in [3.05, 3.63) is 11.8 Å². The summed E-state index contributed by atoms with van der Waals surface area (Å²) in [7, 11) is 0.312. The van der Waals surface area contributed by atoms with Gasteiger partial charge in [-0.1, -0.05) is 11.8 Å². The molecular weight excluding hydrogens is 142 g/mol. The van der Waals surface area contributed by atoms with Gasteiger partial charge in [0, 0.05) is 7.11 Å².